The number of anilines is 1. The van der Waals surface area contributed by atoms with Crippen LogP contribution in [0.5, 0.6) is 5.75 Å². The van der Waals surface area contributed by atoms with Crippen LogP contribution < -0.4 is 10.1 Å². The second-order valence-corrected chi connectivity index (χ2v) is 9.00. The molecule has 2 heterocycles. The fourth-order valence-electron chi connectivity index (χ4n) is 2.81. The molecule has 0 bridgehead atoms. The van der Waals surface area contributed by atoms with Gasteiger partial charge in [-0.15, -0.1) is 0 Å². The number of sulfone groups is 1. The minimum atomic E-state index is -2.94. The van der Waals surface area contributed by atoms with Crippen molar-refractivity contribution in [2.45, 2.75) is 44.8 Å². The first kappa shape index (κ1) is 13.7. The largest absolute Gasteiger partial charge is 0.486 e. The number of benzene rings is 1. The SMILES string of the molecule is CC(C)(C)c1ccc2c(c1)NC1CS(=O)(=O)CCC1O2. The average molecular weight is 295 g/mol. The molecule has 2 unspecified atom stereocenters. The zero-order chi connectivity index (χ0) is 14.5. The van der Waals surface area contributed by atoms with E-state index in [1.54, 1.807) is 0 Å². The minimum absolute atomic E-state index is 0.0356. The molecule has 20 heavy (non-hydrogen) atoms. The van der Waals surface area contributed by atoms with E-state index in [0.717, 1.165) is 11.4 Å². The minimum Gasteiger partial charge on any atom is -0.486 e. The number of hydrogen-bond acceptors (Lipinski definition) is 4. The van der Waals surface area contributed by atoms with Gasteiger partial charge >= 0.3 is 0 Å². The summed E-state index contributed by atoms with van der Waals surface area (Å²) in [4.78, 5) is 0. The van der Waals surface area contributed by atoms with Crippen LogP contribution in [0.25, 0.3) is 0 Å². The number of hydrogen-bond donors (Lipinski definition) is 1. The Bertz CT molecular complexity index is 631. The van der Waals surface area contributed by atoms with E-state index < -0.39 is 9.84 Å². The molecule has 0 aliphatic carbocycles. The standard InChI is InChI=1S/C15H21NO3S/c1-15(2,3)10-4-5-13-11(8-10)16-12-9-20(17,18)7-6-14(12)19-13/h4-5,8,12,14,16H,6-7,9H2,1-3H3. The van der Waals surface area contributed by atoms with Crippen LogP contribution in [0.2, 0.25) is 0 Å². The van der Waals surface area contributed by atoms with Crippen molar-refractivity contribution < 1.29 is 13.2 Å². The zero-order valence-electron chi connectivity index (χ0n) is 12.1. The smallest absolute Gasteiger partial charge is 0.152 e. The fourth-order valence-corrected chi connectivity index (χ4v) is 4.41. The third-order valence-electron chi connectivity index (χ3n) is 4.06. The van der Waals surface area contributed by atoms with Crippen LogP contribution in [-0.4, -0.2) is 32.1 Å². The molecule has 0 aromatic heterocycles. The summed E-state index contributed by atoms with van der Waals surface area (Å²) in [5.41, 5.74) is 2.19. The van der Waals surface area contributed by atoms with Crippen LogP contribution in [0.1, 0.15) is 32.8 Å². The molecule has 3 rings (SSSR count). The average Bonchev–Trinajstić information content (AvgIpc) is 2.33. The molecule has 2 aliphatic rings. The van der Waals surface area contributed by atoms with E-state index in [4.69, 9.17) is 4.74 Å². The lowest BCUT2D eigenvalue weighted by molar-refractivity contribution is 0.167. The van der Waals surface area contributed by atoms with Gasteiger partial charge in [0.1, 0.15) is 11.9 Å². The van der Waals surface area contributed by atoms with Gasteiger partial charge in [-0.2, -0.15) is 0 Å². The molecular weight excluding hydrogens is 274 g/mol. The van der Waals surface area contributed by atoms with Gasteiger partial charge in [0.15, 0.2) is 9.84 Å². The molecule has 0 spiro atoms. The molecule has 4 nitrogen and oxygen atoms in total. The monoisotopic (exact) mass is 295 g/mol. The van der Waals surface area contributed by atoms with E-state index in [2.05, 4.69) is 38.2 Å². The molecule has 5 heteroatoms. The Balaban J connectivity index is 1.92. The van der Waals surface area contributed by atoms with Gasteiger partial charge in [-0.25, -0.2) is 8.42 Å². The van der Waals surface area contributed by atoms with E-state index in [0.29, 0.717) is 6.42 Å². The summed E-state index contributed by atoms with van der Waals surface area (Å²) in [6.45, 7) is 6.48. The van der Waals surface area contributed by atoms with Gasteiger partial charge < -0.3 is 10.1 Å². The van der Waals surface area contributed by atoms with Crippen LogP contribution >= 0.6 is 0 Å². The van der Waals surface area contributed by atoms with Crippen molar-refractivity contribution in [3.63, 3.8) is 0 Å². The topological polar surface area (TPSA) is 55.4 Å². The zero-order valence-corrected chi connectivity index (χ0v) is 13.0. The third kappa shape index (κ3) is 2.51. The first-order chi connectivity index (χ1) is 9.24. The second kappa shape index (κ2) is 4.38. The number of rotatable bonds is 0. The molecule has 110 valence electrons. The van der Waals surface area contributed by atoms with E-state index in [9.17, 15) is 8.42 Å². The van der Waals surface area contributed by atoms with Crippen molar-refractivity contribution in [1.29, 1.82) is 0 Å². The molecule has 1 aromatic rings. The first-order valence-electron chi connectivity index (χ1n) is 7.03. The van der Waals surface area contributed by atoms with E-state index in [1.165, 1.54) is 5.56 Å². The highest BCUT2D eigenvalue weighted by Crippen LogP contribution is 2.37. The fraction of sp³-hybridized carbons (Fsp3) is 0.600. The number of ether oxygens (including phenoxy) is 1. The van der Waals surface area contributed by atoms with Crippen molar-refractivity contribution in [2.75, 3.05) is 16.8 Å². The maximum Gasteiger partial charge on any atom is 0.152 e. The molecule has 0 amide bonds. The predicted molar refractivity (Wildman–Crippen MR) is 80.2 cm³/mol. The highest BCUT2D eigenvalue weighted by molar-refractivity contribution is 7.91. The maximum absolute atomic E-state index is 11.7. The molecule has 1 fully saturated rings. The molecule has 0 saturated carbocycles. The summed E-state index contributed by atoms with van der Waals surface area (Å²) in [7, 11) is -2.94. The van der Waals surface area contributed by atoms with Gasteiger partial charge in [0.05, 0.1) is 23.2 Å². The van der Waals surface area contributed by atoms with Crippen molar-refractivity contribution >= 4 is 15.5 Å². The Labute approximate surface area is 120 Å². The molecule has 1 aromatic carbocycles. The van der Waals surface area contributed by atoms with Gasteiger partial charge in [0.25, 0.3) is 0 Å². The third-order valence-corrected chi connectivity index (χ3v) is 5.79. The Morgan fingerprint density at radius 2 is 2.05 bits per heavy atom. The van der Waals surface area contributed by atoms with Crippen LogP contribution in [-0.2, 0) is 15.3 Å². The van der Waals surface area contributed by atoms with Gasteiger partial charge in [-0.05, 0) is 23.1 Å². The summed E-state index contributed by atoms with van der Waals surface area (Å²) in [6.07, 6.45) is 0.534. The molecule has 2 aliphatic heterocycles. The summed E-state index contributed by atoms with van der Waals surface area (Å²) >= 11 is 0. The highest BCUT2D eigenvalue weighted by Gasteiger charge is 2.38. The summed E-state index contributed by atoms with van der Waals surface area (Å²) in [5, 5.41) is 3.36. The summed E-state index contributed by atoms with van der Waals surface area (Å²) in [6, 6.07) is 6.02. The summed E-state index contributed by atoms with van der Waals surface area (Å²) in [5.74, 6) is 1.22. The van der Waals surface area contributed by atoms with Crippen LogP contribution in [0, 0.1) is 0 Å². The Hall–Kier alpha value is -1.23. The molecule has 1 saturated heterocycles. The van der Waals surface area contributed by atoms with Crippen LogP contribution in [0.15, 0.2) is 18.2 Å². The van der Waals surface area contributed by atoms with Gasteiger partial charge in [-0.1, -0.05) is 26.8 Å². The lowest BCUT2D eigenvalue weighted by Gasteiger charge is -2.38. The quantitative estimate of drug-likeness (QED) is 0.798. The molecule has 2 atom stereocenters. The number of fused-ring (bicyclic) bond motifs is 2. The van der Waals surface area contributed by atoms with Gasteiger partial charge in [-0.3, -0.25) is 0 Å². The predicted octanol–water partition coefficient (Wildman–Crippen LogP) is 2.34. The van der Waals surface area contributed by atoms with Crippen LogP contribution in [0.4, 0.5) is 5.69 Å². The Kier molecular flexibility index (Phi) is 3.01. The lowest BCUT2D eigenvalue weighted by Crippen LogP contribution is -2.50. The molecule has 0 radical (unpaired) electrons. The van der Waals surface area contributed by atoms with Crippen molar-refractivity contribution in [1.82, 2.24) is 0 Å². The molecular formula is C15H21NO3S. The van der Waals surface area contributed by atoms with Crippen molar-refractivity contribution in [3.8, 4) is 5.75 Å². The lowest BCUT2D eigenvalue weighted by atomic mass is 9.86. The Morgan fingerprint density at radius 3 is 2.75 bits per heavy atom. The first-order valence-corrected chi connectivity index (χ1v) is 8.85. The van der Waals surface area contributed by atoms with E-state index in [1.807, 2.05) is 6.07 Å². The molecule has 1 N–H and O–H groups in total. The normalized spacial score (nSPS) is 27.8. The number of nitrogens with one attached hydrogen (secondary N) is 1. The maximum atomic E-state index is 11.7. The van der Waals surface area contributed by atoms with Crippen molar-refractivity contribution in [3.05, 3.63) is 23.8 Å². The van der Waals surface area contributed by atoms with Crippen molar-refractivity contribution in [2.24, 2.45) is 0 Å². The summed E-state index contributed by atoms with van der Waals surface area (Å²) < 4.78 is 29.5. The van der Waals surface area contributed by atoms with Gasteiger partial charge in [0.2, 0.25) is 0 Å². The Morgan fingerprint density at radius 1 is 1.30 bits per heavy atom. The van der Waals surface area contributed by atoms with E-state index >= 15 is 0 Å². The van der Waals surface area contributed by atoms with Crippen LogP contribution in [0.3, 0.4) is 0 Å². The van der Waals surface area contributed by atoms with E-state index in [-0.39, 0.29) is 29.1 Å². The second-order valence-electron chi connectivity index (χ2n) is 6.77. The highest BCUT2D eigenvalue weighted by atomic mass is 32.2. The van der Waals surface area contributed by atoms with Gasteiger partial charge in [0, 0.05) is 6.42 Å².